The van der Waals surface area contributed by atoms with Crippen molar-refractivity contribution in [3.63, 3.8) is 0 Å². The average molecular weight is 208 g/mol. The fraction of sp³-hybridized carbons (Fsp3) is 0.846. The third-order valence-corrected chi connectivity index (χ3v) is 3.92. The number of hydrogen-bond acceptors (Lipinski definition) is 2. The molecule has 0 aromatic heterocycles. The molecule has 0 aromatic carbocycles. The van der Waals surface area contributed by atoms with Crippen LogP contribution in [0.2, 0.25) is 0 Å². The maximum atomic E-state index is 5.89. The Morgan fingerprint density at radius 3 is 2.53 bits per heavy atom. The quantitative estimate of drug-likeness (QED) is 0.717. The lowest BCUT2D eigenvalue weighted by Crippen LogP contribution is -2.37. The van der Waals surface area contributed by atoms with E-state index in [1.807, 2.05) is 0 Å². The van der Waals surface area contributed by atoms with E-state index in [1.165, 1.54) is 38.8 Å². The summed E-state index contributed by atoms with van der Waals surface area (Å²) < 4.78 is 0. The molecule has 0 saturated heterocycles. The van der Waals surface area contributed by atoms with Crippen LogP contribution in [0.3, 0.4) is 0 Å². The van der Waals surface area contributed by atoms with Gasteiger partial charge in [0.1, 0.15) is 0 Å². The molecule has 2 nitrogen and oxygen atoms in total. The average Bonchev–Trinajstić information content (AvgIpc) is 2.85. The van der Waals surface area contributed by atoms with Crippen molar-refractivity contribution in [3.05, 3.63) is 12.2 Å². The predicted octanol–water partition coefficient (Wildman–Crippen LogP) is 2.15. The Labute approximate surface area is 93.5 Å². The SMILES string of the molecule is CCN(CC1C=CC(N)C1)C1CCCC1. The van der Waals surface area contributed by atoms with Crippen LogP contribution in [0.25, 0.3) is 0 Å². The Balaban J connectivity index is 1.82. The van der Waals surface area contributed by atoms with Crippen molar-refractivity contribution in [3.8, 4) is 0 Å². The number of nitrogens with two attached hydrogens (primary N) is 1. The van der Waals surface area contributed by atoms with Crippen molar-refractivity contribution in [2.45, 2.75) is 51.1 Å². The standard InChI is InChI=1S/C13H24N2/c1-2-15(13-5-3-4-6-13)10-11-7-8-12(14)9-11/h7-8,11-13H,2-6,9-10,14H2,1H3. The molecule has 0 amide bonds. The van der Waals surface area contributed by atoms with Crippen molar-refractivity contribution in [1.29, 1.82) is 0 Å². The van der Waals surface area contributed by atoms with Crippen molar-refractivity contribution >= 4 is 0 Å². The lowest BCUT2D eigenvalue weighted by atomic mass is 10.1. The first-order valence-electron chi connectivity index (χ1n) is 6.47. The van der Waals surface area contributed by atoms with E-state index >= 15 is 0 Å². The van der Waals surface area contributed by atoms with Crippen molar-refractivity contribution in [2.24, 2.45) is 11.7 Å². The molecular weight excluding hydrogens is 184 g/mol. The summed E-state index contributed by atoms with van der Waals surface area (Å²) >= 11 is 0. The molecule has 1 saturated carbocycles. The molecule has 0 aliphatic heterocycles. The first-order valence-corrected chi connectivity index (χ1v) is 6.47. The van der Waals surface area contributed by atoms with Gasteiger partial charge in [0.15, 0.2) is 0 Å². The topological polar surface area (TPSA) is 29.3 Å². The molecule has 2 N–H and O–H groups in total. The van der Waals surface area contributed by atoms with Gasteiger partial charge in [0.25, 0.3) is 0 Å². The molecule has 0 heterocycles. The van der Waals surface area contributed by atoms with E-state index in [2.05, 4.69) is 24.0 Å². The van der Waals surface area contributed by atoms with E-state index in [0.29, 0.717) is 12.0 Å². The molecule has 2 rings (SSSR count). The normalized spacial score (nSPS) is 31.9. The highest BCUT2D eigenvalue weighted by atomic mass is 15.2. The summed E-state index contributed by atoms with van der Waals surface area (Å²) in [6.45, 7) is 4.71. The van der Waals surface area contributed by atoms with E-state index in [1.54, 1.807) is 0 Å². The third-order valence-electron chi connectivity index (χ3n) is 3.92. The van der Waals surface area contributed by atoms with Gasteiger partial charge < -0.3 is 10.6 Å². The van der Waals surface area contributed by atoms with Crippen LogP contribution < -0.4 is 5.73 Å². The van der Waals surface area contributed by atoms with Gasteiger partial charge in [0.05, 0.1) is 0 Å². The zero-order valence-electron chi connectivity index (χ0n) is 9.86. The van der Waals surface area contributed by atoms with E-state index in [4.69, 9.17) is 5.73 Å². The van der Waals surface area contributed by atoms with Crippen LogP contribution in [0.15, 0.2) is 12.2 Å². The van der Waals surface area contributed by atoms with Crippen LogP contribution in [-0.2, 0) is 0 Å². The first kappa shape index (κ1) is 11.2. The third kappa shape index (κ3) is 2.82. The maximum Gasteiger partial charge on any atom is 0.0229 e. The molecule has 2 aliphatic carbocycles. The molecule has 15 heavy (non-hydrogen) atoms. The van der Waals surface area contributed by atoms with Crippen LogP contribution in [0.1, 0.15) is 39.0 Å². The second kappa shape index (κ2) is 5.13. The van der Waals surface area contributed by atoms with Gasteiger partial charge in [-0.1, -0.05) is 31.9 Å². The highest BCUT2D eigenvalue weighted by Gasteiger charge is 2.25. The maximum absolute atomic E-state index is 5.89. The van der Waals surface area contributed by atoms with E-state index in [9.17, 15) is 0 Å². The fourth-order valence-electron chi connectivity index (χ4n) is 3.05. The van der Waals surface area contributed by atoms with Crippen LogP contribution in [0, 0.1) is 5.92 Å². The molecule has 2 aliphatic rings. The monoisotopic (exact) mass is 208 g/mol. The molecule has 0 aromatic rings. The molecular formula is C13H24N2. The molecule has 0 radical (unpaired) electrons. The minimum Gasteiger partial charge on any atom is -0.324 e. The van der Waals surface area contributed by atoms with Gasteiger partial charge in [-0.05, 0) is 31.7 Å². The minimum atomic E-state index is 0.317. The lowest BCUT2D eigenvalue weighted by molar-refractivity contribution is 0.187. The van der Waals surface area contributed by atoms with Gasteiger partial charge in [-0.2, -0.15) is 0 Å². The Hall–Kier alpha value is -0.340. The number of nitrogens with zero attached hydrogens (tertiary/aromatic N) is 1. The number of hydrogen-bond donors (Lipinski definition) is 1. The summed E-state index contributed by atoms with van der Waals surface area (Å²) in [5.41, 5.74) is 5.89. The summed E-state index contributed by atoms with van der Waals surface area (Å²) in [6.07, 6.45) is 11.3. The smallest absolute Gasteiger partial charge is 0.0229 e. The largest absolute Gasteiger partial charge is 0.324 e. The lowest BCUT2D eigenvalue weighted by Gasteiger charge is -2.29. The summed E-state index contributed by atoms with van der Waals surface area (Å²) in [4.78, 5) is 2.67. The Bertz CT molecular complexity index is 219. The van der Waals surface area contributed by atoms with Crippen LogP contribution in [-0.4, -0.2) is 30.1 Å². The second-order valence-corrected chi connectivity index (χ2v) is 5.07. The zero-order chi connectivity index (χ0) is 10.7. The Morgan fingerprint density at radius 2 is 2.00 bits per heavy atom. The molecule has 2 atom stereocenters. The Kier molecular flexibility index (Phi) is 3.81. The first-order chi connectivity index (χ1) is 7.29. The van der Waals surface area contributed by atoms with E-state index in [-0.39, 0.29) is 0 Å². The van der Waals surface area contributed by atoms with Crippen molar-refractivity contribution in [2.75, 3.05) is 13.1 Å². The summed E-state index contributed by atoms with van der Waals surface area (Å²) in [6, 6.07) is 1.18. The highest BCUT2D eigenvalue weighted by molar-refractivity contribution is 5.05. The van der Waals surface area contributed by atoms with Gasteiger partial charge in [0, 0.05) is 18.6 Å². The second-order valence-electron chi connectivity index (χ2n) is 5.07. The van der Waals surface area contributed by atoms with Gasteiger partial charge in [-0.15, -0.1) is 0 Å². The fourth-order valence-corrected chi connectivity index (χ4v) is 3.05. The molecule has 1 fully saturated rings. The van der Waals surface area contributed by atoms with E-state index in [0.717, 1.165) is 12.5 Å². The van der Waals surface area contributed by atoms with Crippen LogP contribution in [0.4, 0.5) is 0 Å². The van der Waals surface area contributed by atoms with Gasteiger partial charge >= 0.3 is 0 Å². The van der Waals surface area contributed by atoms with Crippen LogP contribution >= 0.6 is 0 Å². The molecule has 0 spiro atoms. The Morgan fingerprint density at radius 1 is 1.27 bits per heavy atom. The molecule has 2 heteroatoms. The van der Waals surface area contributed by atoms with Gasteiger partial charge in [-0.25, -0.2) is 0 Å². The molecule has 86 valence electrons. The summed E-state index contributed by atoms with van der Waals surface area (Å²) in [5, 5.41) is 0. The number of rotatable bonds is 4. The van der Waals surface area contributed by atoms with Crippen molar-refractivity contribution < 1.29 is 0 Å². The predicted molar refractivity (Wildman–Crippen MR) is 64.7 cm³/mol. The molecule has 0 bridgehead atoms. The summed E-state index contributed by atoms with van der Waals surface area (Å²) in [5.74, 6) is 0.709. The zero-order valence-corrected chi connectivity index (χ0v) is 9.86. The van der Waals surface area contributed by atoms with Gasteiger partial charge in [0.2, 0.25) is 0 Å². The van der Waals surface area contributed by atoms with Crippen LogP contribution in [0.5, 0.6) is 0 Å². The van der Waals surface area contributed by atoms with Crippen molar-refractivity contribution in [1.82, 2.24) is 4.90 Å². The highest BCUT2D eigenvalue weighted by Crippen LogP contribution is 2.26. The van der Waals surface area contributed by atoms with Gasteiger partial charge in [-0.3, -0.25) is 0 Å². The van der Waals surface area contributed by atoms with E-state index < -0.39 is 0 Å². The molecule has 2 unspecified atom stereocenters. The summed E-state index contributed by atoms with van der Waals surface area (Å²) in [7, 11) is 0. The minimum absolute atomic E-state index is 0.317.